The molecular formula is C12H16N2O5. The molecular weight excluding hydrogens is 252 g/mol. The van der Waals surface area contributed by atoms with Crippen LogP contribution in [0.15, 0.2) is 16.9 Å². The average molecular weight is 268 g/mol. The van der Waals surface area contributed by atoms with Crippen molar-refractivity contribution in [2.75, 3.05) is 19.8 Å². The van der Waals surface area contributed by atoms with E-state index in [-0.39, 0.29) is 18.1 Å². The lowest BCUT2D eigenvalue weighted by Crippen LogP contribution is -2.54. The normalized spacial score (nSPS) is 17.9. The molecule has 2 heterocycles. The smallest absolute Gasteiger partial charge is 0.252 e. The summed E-state index contributed by atoms with van der Waals surface area (Å²) in [5.41, 5.74) is -1.23. The molecule has 0 saturated carbocycles. The van der Waals surface area contributed by atoms with Crippen LogP contribution in [0.4, 0.5) is 0 Å². The number of aliphatic hydroxyl groups is 1. The number of amides is 1. The van der Waals surface area contributed by atoms with E-state index >= 15 is 0 Å². The largest absolute Gasteiger partial charge is 0.494 e. The molecule has 0 radical (unpaired) electrons. The molecule has 1 aliphatic rings. The van der Waals surface area contributed by atoms with Crippen LogP contribution in [0.3, 0.4) is 0 Å². The van der Waals surface area contributed by atoms with Crippen molar-refractivity contribution in [3.05, 3.63) is 28.0 Å². The number of nitrogens with one attached hydrogen (secondary N) is 2. The molecule has 1 aromatic rings. The van der Waals surface area contributed by atoms with Gasteiger partial charge in [0.1, 0.15) is 0 Å². The van der Waals surface area contributed by atoms with Gasteiger partial charge >= 0.3 is 0 Å². The second-order valence-corrected chi connectivity index (χ2v) is 4.62. The van der Waals surface area contributed by atoms with Crippen LogP contribution in [-0.4, -0.2) is 46.5 Å². The third kappa shape index (κ3) is 3.12. The van der Waals surface area contributed by atoms with Gasteiger partial charge in [-0.2, -0.15) is 0 Å². The Balaban J connectivity index is 2.17. The Morgan fingerprint density at radius 2 is 2.11 bits per heavy atom. The summed E-state index contributed by atoms with van der Waals surface area (Å²) in [6.07, 6.45) is 1.01. The minimum absolute atomic E-state index is 0.0561. The predicted octanol–water partition coefficient (Wildman–Crippen LogP) is -0.648. The number of aliphatic hydroxyl groups excluding tert-OH is 1. The summed E-state index contributed by atoms with van der Waals surface area (Å²) in [7, 11) is 0. The standard InChI is InChI=1S/C12H16N2O5/c15-7-12(1-3-19-4-2-12)14-11(18)8-5-9(16)13-10(17)6-8/h5-6,15H,1-4,7H2,(H,14,18)(H2,13,16,17). The number of carbonyl (C=O) groups is 1. The minimum atomic E-state index is -0.729. The van der Waals surface area contributed by atoms with Crippen LogP contribution >= 0.6 is 0 Å². The topological polar surface area (TPSA) is 112 Å². The van der Waals surface area contributed by atoms with Crippen LogP contribution in [0.5, 0.6) is 5.88 Å². The van der Waals surface area contributed by atoms with Crippen LogP contribution < -0.4 is 10.9 Å². The number of H-pyrrole nitrogens is 1. The Morgan fingerprint density at radius 3 is 2.68 bits per heavy atom. The molecule has 1 fully saturated rings. The lowest BCUT2D eigenvalue weighted by Gasteiger charge is -2.36. The Morgan fingerprint density at radius 1 is 1.42 bits per heavy atom. The number of carbonyl (C=O) groups excluding carboxylic acids is 1. The van der Waals surface area contributed by atoms with E-state index in [1.165, 1.54) is 6.07 Å². The number of hydrogen-bond acceptors (Lipinski definition) is 5. The molecule has 0 bridgehead atoms. The van der Waals surface area contributed by atoms with Crippen LogP contribution in [0.2, 0.25) is 0 Å². The first kappa shape index (κ1) is 13.6. The predicted molar refractivity (Wildman–Crippen MR) is 66.1 cm³/mol. The van der Waals surface area contributed by atoms with E-state index in [0.29, 0.717) is 26.1 Å². The first-order valence-corrected chi connectivity index (χ1v) is 5.99. The van der Waals surface area contributed by atoms with Crippen molar-refractivity contribution in [3.8, 4) is 5.88 Å². The van der Waals surface area contributed by atoms with Crippen molar-refractivity contribution in [1.82, 2.24) is 10.3 Å². The first-order chi connectivity index (χ1) is 9.04. The monoisotopic (exact) mass is 268 g/mol. The molecule has 2 rings (SSSR count). The van der Waals surface area contributed by atoms with E-state index in [4.69, 9.17) is 4.74 Å². The van der Waals surface area contributed by atoms with E-state index in [1.54, 1.807) is 0 Å². The first-order valence-electron chi connectivity index (χ1n) is 5.99. The molecule has 19 heavy (non-hydrogen) atoms. The minimum Gasteiger partial charge on any atom is -0.494 e. The highest BCUT2D eigenvalue weighted by Crippen LogP contribution is 2.20. The Bertz CT molecular complexity index is 519. The maximum atomic E-state index is 12.1. The van der Waals surface area contributed by atoms with Crippen LogP contribution in [0.25, 0.3) is 0 Å². The van der Waals surface area contributed by atoms with E-state index in [0.717, 1.165) is 6.07 Å². The number of ether oxygens (including phenoxy) is 1. The molecule has 7 heteroatoms. The third-order valence-corrected chi connectivity index (χ3v) is 3.22. The average Bonchev–Trinajstić information content (AvgIpc) is 2.38. The maximum absolute atomic E-state index is 12.1. The van der Waals surface area contributed by atoms with E-state index in [9.17, 15) is 19.8 Å². The van der Waals surface area contributed by atoms with Gasteiger partial charge in [-0.25, -0.2) is 0 Å². The van der Waals surface area contributed by atoms with Gasteiger partial charge in [-0.15, -0.1) is 0 Å². The Hall–Kier alpha value is -1.86. The summed E-state index contributed by atoms with van der Waals surface area (Å²) in [6, 6.07) is 2.26. The van der Waals surface area contributed by atoms with Gasteiger partial charge in [-0.05, 0) is 12.8 Å². The number of hydrogen-bond donors (Lipinski definition) is 4. The van der Waals surface area contributed by atoms with Gasteiger partial charge in [0.2, 0.25) is 0 Å². The van der Waals surface area contributed by atoms with Crippen LogP contribution in [0.1, 0.15) is 23.2 Å². The van der Waals surface area contributed by atoms with Gasteiger partial charge in [-0.1, -0.05) is 0 Å². The summed E-state index contributed by atoms with van der Waals surface area (Å²) in [5, 5.41) is 21.4. The lowest BCUT2D eigenvalue weighted by molar-refractivity contribution is 0.0125. The van der Waals surface area contributed by atoms with Crippen molar-refractivity contribution in [1.29, 1.82) is 0 Å². The SMILES string of the molecule is O=C(NC1(CO)CCOCC1)c1cc(O)[nH]c(=O)c1. The van der Waals surface area contributed by atoms with Crippen molar-refractivity contribution in [2.45, 2.75) is 18.4 Å². The number of aromatic hydroxyl groups is 1. The van der Waals surface area contributed by atoms with Gasteiger partial charge < -0.3 is 20.3 Å². The molecule has 1 aromatic heterocycles. The number of aromatic amines is 1. The molecule has 1 amide bonds. The van der Waals surface area contributed by atoms with Gasteiger partial charge in [0, 0.05) is 25.3 Å². The molecule has 104 valence electrons. The fourth-order valence-corrected chi connectivity index (χ4v) is 2.06. The fourth-order valence-electron chi connectivity index (χ4n) is 2.06. The molecule has 0 atom stereocenters. The Kier molecular flexibility index (Phi) is 3.87. The van der Waals surface area contributed by atoms with E-state index in [2.05, 4.69) is 10.3 Å². The molecule has 0 aromatic carbocycles. The van der Waals surface area contributed by atoms with Crippen molar-refractivity contribution >= 4 is 5.91 Å². The lowest BCUT2D eigenvalue weighted by atomic mass is 9.90. The van der Waals surface area contributed by atoms with Crippen molar-refractivity contribution in [3.63, 3.8) is 0 Å². The molecule has 1 aliphatic heterocycles. The quantitative estimate of drug-likeness (QED) is 0.582. The van der Waals surface area contributed by atoms with Gasteiger partial charge in [0.25, 0.3) is 11.5 Å². The highest BCUT2D eigenvalue weighted by Gasteiger charge is 2.33. The van der Waals surface area contributed by atoms with Gasteiger partial charge in [-0.3, -0.25) is 14.6 Å². The molecule has 1 saturated heterocycles. The van der Waals surface area contributed by atoms with E-state index in [1.807, 2.05) is 0 Å². The highest BCUT2D eigenvalue weighted by atomic mass is 16.5. The maximum Gasteiger partial charge on any atom is 0.252 e. The molecule has 0 spiro atoms. The highest BCUT2D eigenvalue weighted by molar-refractivity contribution is 5.94. The zero-order chi connectivity index (χ0) is 13.9. The fraction of sp³-hybridized carbons (Fsp3) is 0.500. The molecule has 0 unspecified atom stereocenters. The zero-order valence-corrected chi connectivity index (χ0v) is 10.3. The number of aromatic nitrogens is 1. The zero-order valence-electron chi connectivity index (χ0n) is 10.3. The van der Waals surface area contributed by atoms with Crippen LogP contribution in [-0.2, 0) is 4.74 Å². The summed E-state index contributed by atoms with van der Waals surface area (Å²) in [5.74, 6) is -0.875. The van der Waals surface area contributed by atoms with Crippen molar-refractivity contribution < 1.29 is 19.7 Å². The van der Waals surface area contributed by atoms with Crippen molar-refractivity contribution in [2.24, 2.45) is 0 Å². The summed E-state index contributed by atoms with van der Waals surface area (Å²) < 4.78 is 5.19. The third-order valence-electron chi connectivity index (χ3n) is 3.22. The van der Waals surface area contributed by atoms with Crippen LogP contribution in [0, 0.1) is 0 Å². The molecule has 4 N–H and O–H groups in total. The Labute approximate surface area is 109 Å². The summed E-state index contributed by atoms with van der Waals surface area (Å²) >= 11 is 0. The van der Waals surface area contributed by atoms with Gasteiger partial charge in [0.15, 0.2) is 5.88 Å². The number of rotatable bonds is 3. The summed E-state index contributed by atoms with van der Waals surface area (Å²) in [6.45, 7) is 0.722. The number of pyridine rings is 1. The second kappa shape index (κ2) is 5.41. The van der Waals surface area contributed by atoms with E-state index < -0.39 is 17.0 Å². The molecule has 0 aliphatic carbocycles. The summed E-state index contributed by atoms with van der Waals surface area (Å²) in [4.78, 5) is 25.4. The molecule has 7 nitrogen and oxygen atoms in total. The van der Waals surface area contributed by atoms with Gasteiger partial charge in [0.05, 0.1) is 17.7 Å². The second-order valence-electron chi connectivity index (χ2n) is 4.62.